The molecule has 0 atom stereocenters. The van der Waals surface area contributed by atoms with Gasteiger partial charge in [-0.3, -0.25) is 14.9 Å². The number of non-ortho nitro benzene ring substituents is 1. The van der Waals surface area contributed by atoms with E-state index in [1.54, 1.807) is 10.6 Å². The molecule has 3 rings (SSSR count). The Bertz CT molecular complexity index is 1020. The maximum absolute atomic E-state index is 13.2. The number of halogens is 1. The van der Waals surface area contributed by atoms with Crippen LogP contribution in [0.5, 0.6) is 0 Å². The molecule has 0 radical (unpaired) electrons. The molecule has 8 heteroatoms. The zero-order valence-corrected chi connectivity index (χ0v) is 13.4. The summed E-state index contributed by atoms with van der Waals surface area (Å²) < 4.78 is 15.7. The van der Waals surface area contributed by atoms with Crippen molar-refractivity contribution in [2.45, 2.75) is 13.5 Å². The molecule has 2 aromatic carbocycles. The second-order valence-electron chi connectivity index (χ2n) is 4.97. The average molecular weight is 345 g/mol. The number of amides is 1. The highest BCUT2D eigenvalue weighted by Gasteiger charge is 2.12. The molecule has 0 fully saturated rings. The van der Waals surface area contributed by atoms with Crippen LogP contribution in [0.15, 0.2) is 47.5 Å². The van der Waals surface area contributed by atoms with E-state index in [0.29, 0.717) is 16.0 Å². The van der Waals surface area contributed by atoms with Crippen molar-refractivity contribution in [3.05, 3.63) is 68.8 Å². The van der Waals surface area contributed by atoms with Crippen LogP contribution in [-0.2, 0) is 6.54 Å². The number of carbonyl (C=O) groups excluding carboxylic acids is 1. The molecule has 122 valence electrons. The summed E-state index contributed by atoms with van der Waals surface area (Å²) in [6.07, 6.45) is 0. The molecule has 0 saturated heterocycles. The molecule has 0 aliphatic heterocycles. The van der Waals surface area contributed by atoms with Crippen molar-refractivity contribution >= 4 is 33.1 Å². The van der Waals surface area contributed by atoms with Gasteiger partial charge in [-0.2, -0.15) is 4.99 Å². The molecule has 6 nitrogen and oxygen atoms in total. The summed E-state index contributed by atoms with van der Waals surface area (Å²) in [7, 11) is 0. The van der Waals surface area contributed by atoms with Crippen LogP contribution in [-0.4, -0.2) is 15.4 Å². The molecule has 0 unspecified atom stereocenters. The van der Waals surface area contributed by atoms with Crippen LogP contribution in [0.25, 0.3) is 10.2 Å². The van der Waals surface area contributed by atoms with Gasteiger partial charge in [-0.1, -0.05) is 17.4 Å². The third kappa shape index (κ3) is 2.95. The summed E-state index contributed by atoms with van der Waals surface area (Å²) in [5, 5.41) is 10.9. The Morgan fingerprint density at radius 3 is 2.79 bits per heavy atom. The molecule has 1 aromatic heterocycles. The minimum absolute atomic E-state index is 0.0185. The minimum atomic E-state index is -0.558. The molecule has 0 bridgehead atoms. The van der Waals surface area contributed by atoms with Gasteiger partial charge >= 0.3 is 0 Å². The van der Waals surface area contributed by atoms with E-state index in [4.69, 9.17) is 0 Å². The van der Waals surface area contributed by atoms with Gasteiger partial charge in [0.05, 0.1) is 15.1 Å². The first-order chi connectivity index (χ1) is 11.5. The Morgan fingerprint density at radius 2 is 2.12 bits per heavy atom. The van der Waals surface area contributed by atoms with Gasteiger partial charge in [0.1, 0.15) is 5.82 Å². The molecule has 0 spiro atoms. The molecule has 0 aliphatic carbocycles. The lowest BCUT2D eigenvalue weighted by Gasteiger charge is -2.00. The zero-order valence-electron chi connectivity index (χ0n) is 12.6. The van der Waals surface area contributed by atoms with Gasteiger partial charge in [-0.25, -0.2) is 4.39 Å². The number of nitro benzene ring substituents is 1. The first-order valence-electron chi connectivity index (χ1n) is 7.12. The van der Waals surface area contributed by atoms with Crippen molar-refractivity contribution < 1.29 is 14.1 Å². The third-order valence-corrected chi connectivity index (χ3v) is 4.50. The smallest absolute Gasteiger partial charge is 0.279 e. The summed E-state index contributed by atoms with van der Waals surface area (Å²) in [5.74, 6) is -1.07. The number of hydrogen-bond donors (Lipinski definition) is 0. The maximum Gasteiger partial charge on any atom is 0.279 e. The normalized spacial score (nSPS) is 11.8. The van der Waals surface area contributed by atoms with Crippen molar-refractivity contribution in [3.8, 4) is 0 Å². The van der Waals surface area contributed by atoms with Crippen LogP contribution in [0, 0.1) is 15.9 Å². The summed E-state index contributed by atoms with van der Waals surface area (Å²) in [5.41, 5.74) is 0.898. The van der Waals surface area contributed by atoms with E-state index >= 15 is 0 Å². The molecule has 0 saturated carbocycles. The summed E-state index contributed by atoms with van der Waals surface area (Å²) in [4.78, 5) is 27.1. The van der Waals surface area contributed by atoms with E-state index in [2.05, 4.69) is 4.99 Å². The molecule has 1 heterocycles. The van der Waals surface area contributed by atoms with Gasteiger partial charge in [0.15, 0.2) is 4.80 Å². The second kappa shape index (κ2) is 6.32. The Labute approximate surface area is 139 Å². The molecular weight excluding hydrogens is 333 g/mol. The average Bonchev–Trinajstić information content (AvgIpc) is 2.90. The highest BCUT2D eigenvalue weighted by Crippen LogP contribution is 2.23. The quantitative estimate of drug-likeness (QED) is 0.538. The van der Waals surface area contributed by atoms with Gasteiger partial charge < -0.3 is 4.57 Å². The van der Waals surface area contributed by atoms with Crippen molar-refractivity contribution in [1.29, 1.82) is 0 Å². The van der Waals surface area contributed by atoms with Gasteiger partial charge in [0.2, 0.25) is 0 Å². The van der Waals surface area contributed by atoms with E-state index < -0.39 is 16.6 Å². The van der Waals surface area contributed by atoms with Gasteiger partial charge in [-0.05, 0) is 31.2 Å². The molecule has 0 aliphatic rings. The summed E-state index contributed by atoms with van der Waals surface area (Å²) >= 11 is 1.18. The monoisotopic (exact) mass is 345 g/mol. The van der Waals surface area contributed by atoms with Crippen LogP contribution in [0.4, 0.5) is 10.1 Å². The molecular formula is C16H12FN3O3S. The number of nitro groups is 1. The molecule has 0 N–H and O–H groups in total. The zero-order chi connectivity index (χ0) is 17.3. The number of thiazole rings is 1. The van der Waals surface area contributed by atoms with Crippen molar-refractivity contribution in [1.82, 2.24) is 4.57 Å². The summed E-state index contributed by atoms with van der Waals surface area (Å²) in [6.45, 7) is 2.44. The van der Waals surface area contributed by atoms with Gasteiger partial charge in [0, 0.05) is 24.2 Å². The van der Waals surface area contributed by atoms with Crippen LogP contribution in [0.3, 0.4) is 0 Å². The summed E-state index contributed by atoms with van der Waals surface area (Å²) in [6, 6.07) is 9.82. The number of nitrogens with zero attached hydrogens (tertiary/aromatic N) is 3. The lowest BCUT2D eigenvalue weighted by molar-refractivity contribution is -0.384. The van der Waals surface area contributed by atoms with E-state index in [-0.39, 0.29) is 11.3 Å². The number of aromatic nitrogens is 1. The fourth-order valence-corrected chi connectivity index (χ4v) is 3.46. The third-order valence-electron chi connectivity index (χ3n) is 3.46. The standard InChI is InChI=1S/C16H12FN3O3S/c1-2-19-13-7-6-12(20(22)23)9-14(13)24-16(19)18-15(21)10-4-3-5-11(17)8-10/h3-9H,2H2,1H3. The number of aryl methyl sites for hydroxylation is 1. The van der Waals surface area contributed by atoms with Crippen LogP contribution >= 0.6 is 11.3 Å². The highest BCUT2D eigenvalue weighted by molar-refractivity contribution is 7.16. The van der Waals surface area contributed by atoms with E-state index in [9.17, 15) is 19.3 Å². The second-order valence-corrected chi connectivity index (χ2v) is 5.97. The van der Waals surface area contributed by atoms with E-state index in [0.717, 1.165) is 11.6 Å². The fraction of sp³-hybridized carbons (Fsp3) is 0.125. The Hall–Kier alpha value is -2.87. The van der Waals surface area contributed by atoms with Crippen LogP contribution in [0.1, 0.15) is 17.3 Å². The minimum Gasteiger partial charge on any atom is -0.317 e. The lowest BCUT2D eigenvalue weighted by Crippen LogP contribution is -2.15. The fourth-order valence-electron chi connectivity index (χ4n) is 2.34. The van der Waals surface area contributed by atoms with E-state index in [1.807, 2.05) is 6.92 Å². The topological polar surface area (TPSA) is 77.5 Å². The van der Waals surface area contributed by atoms with Gasteiger partial charge in [-0.15, -0.1) is 0 Å². The van der Waals surface area contributed by atoms with Crippen molar-refractivity contribution in [3.63, 3.8) is 0 Å². The first-order valence-corrected chi connectivity index (χ1v) is 7.93. The SMILES string of the molecule is CCn1c(=NC(=O)c2cccc(F)c2)sc2cc([N+](=O)[O-])ccc21. The Kier molecular flexibility index (Phi) is 4.22. The number of fused-ring (bicyclic) bond motifs is 1. The number of rotatable bonds is 3. The number of carbonyl (C=O) groups is 1. The highest BCUT2D eigenvalue weighted by atomic mass is 32.1. The largest absolute Gasteiger partial charge is 0.317 e. The molecule has 24 heavy (non-hydrogen) atoms. The molecule has 3 aromatic rings. The van der Waals surface area contributed by atoms with Crippen molar-refractivity contribution in [2.75, 3.05) is 0 Å². The number of hydrogen-bond acceptors (Lipinski definition) is 4. The van der Waals surface area contributed by atoms with Gasteiger partial charge in [0.25, 0.3) is 11.6 Å². The van der Waals surface area contributed by atoms with Crippen molar-refractivity contribution in [2.24, 2.45) is 4.99 Å². The van der Waals surface area contributed by atoms with Crippen LogP contribution < -0.4 is 4.80 Å². The Balaban J connectivity index is 2.14. The number of benzene rings is 2. The van der Waals surface area contributed by atoms with Crippen LogP contribution in [0.2, 0.25) is 0 Å². The first kappa shape index (κ1) is 16.0. The predicted octanol–water partition coefficient (Wildman–Crippen LogP) is 3.51. The van der Waals surface area contributed by atoms with E-state index in [1.165, 1.54) is 41.7 Å². The lowest BCUT2D eigenvalue weighted by atomic mass is 10.2. The Morgan fingerprint density at radius 1 is 1.33 bits per heavy atom. The molecule has 1 amide bonds. The maximum atomic E-state index is 13.2. The predicted molar refractivity (Wildman–Crippen MR) is 88.4 cm³/mol.